The van der Waals surface area contributed by atoms with Gasteiger partial charge in [0.2, 0.25) is 0 Å². The second-order valence-electron chi connectivity index (χ2n) is 9.97. The summed E-state index contributed by atoms with van der Waals surface area (Å²) in [7, 11) is 0. The lowest BCUT2D eigenvalue weighted by Crippen LogP contribution is -2.22. The Morgan fingerprint density at radius 1 is 0.684 bits per heavy atom. The normalized spacial score (nSPS) is 11.3. The molecule has 0 aliphatic carbocycles. The molecule has 4 rings (SSSR count). The highest BCUT2D eigenvalue weighted by Gasteiger charge is 2.25. The standard InChI is InChI=1S/C34H41ClN2S/c1-7-36(8-2)29-15-17-31(24(5)21-29)33(32-18-16-30(22-25(32)6)37(9-3)10-4)34-27(19-20-38-34)23-26-11-13-28(35)14-12-26/h11-22,33H,7-10,23H2,1-6H3. The van der Waals surface area contributed by atoms with Gasteiger partial charge in [0.05, 0.1) is 0 Å². The van der Waals surface area contributed by atoms with Crippen molar-refractivity contribution in [2.75, 3.05) is 36.0 Å². The summed E-state index contributed by atoms with van der Waals surface area (Å²) in [5.41, 5.74) is 10.7. The van der Waals surface area contributed by atoms with Crippen LogP contribution in [0.15, 0.2) is 72.1 Å². The molecule has 0 bridgehead atoms. The van der Waals surface area contributed by atoms with Gasteiger partial charge in [0, 0.05) is 53.4 Å². The summed E-state index contributed by atoms with van der Waals surface area (Å²) in [5.74, 6) is 0.189. The first-order chi connectivity index (χ1) is 18.4. The summed E-state index contributed by atoms with van der Waals surface area (Å²) in [6.07, 6.45) is 0.902. The maximum absolute atomic E-state index is 6.18. The first kappa shape index (κ1) is 28.3. The van der Waals surface area contributed by atoms with E-state index in [0.717, 1.165) is 37.6 Å². The predicted molar refractivity (Wildman–Crippen MR) is 169 cm³/mol. The summed E-state index contributed by atoms with van der Waals surface area (Å²) in [5, 5.41) is 3.04. The number of hydrogen-bond acceptors (Lipinski definition) is 3. The van der Waals surface area contributed by atoms with Crippen LogP contribution in [0.3, 0.4) is 0 Å². The molecule has 2 nitrogen and oxygen atoms in total. The van der Waals surface area contributed by atoms with Gasteiger partial charge in [-0.25, -0.2) is 0 Å². The Morgan fingerprint density at radius 2 is 1.18 bits per heavy atom. The first-order valence-electron chi connectivity index (χ1n) is 13.9. The van der Waals surface area contributed by atoms with E-state index in [-0.39, 0.29) is 5.92 Å². The molecule has 0 unspecified atom stereocenters. The van der Waals surface area contributed by atoms with E-state index in [0.29, 0.717) is 0 Å². The molecule has 0 aliphatic rings. The fourth-order valence-electron chi connectivity index (χ4n) is 5.56. The van der Waals surface area contributed by atoms with E-state index in [2.05, 4.69) is 111 Å². The lowest BCUT2D eigenvalue weighted by molar-refractivity contribution is 0.860. The molecular formula is C34H41ClN2S. The second kappa shape index (κ2) is 12.9. The average Bonchev–Trinajstić information content (AvgIpc) is 3.37. The van der Waals surface area contributed by atoms with Crippen LogP contribution in [0.4, 0.5) is 11.4 Å². The topological polar surface area (TPSA) is 6.48 Å². The third-order valence-corrected chi connectivity index (χ3v) is 9.01. The molecule has 0 atom stereocenters. The van der Waals surface area contributed by atoms with E-state index >= 15 is 0 Å². The first-order valence-corrected chi connectivity index (χ1v) is 15.2. The molecule has 38 heavy (non-hydrogen) atoms. The number of hydrogen-bond donors (Lipinski definition) is 0. The van der Waals surface area contributed by atoms with Crippen molar-refractivity contribution >= 4 is 34.3 Å². The molecular weight excluding hydrogens is 504 g/mol. The lowest BCUT2D eigenvalue weighted by atomic mass is 9.82. The average molecular weight is 545 g/mol. The molecule has 1 heterocycles. The van der Waals surface area contributed by atoms with Gasteiger partial charge < -0.3 is 9.80 Å². The van der Waals surface area contributed by atoms with Crippen LogP contribution < -0.4 is 9.80 Å². The van der Waals surface area contributed by atoms with Gasteiger partial charge in [-0.3, -0.25) is 0 Å². The molecule has 0 aliphatic heterocycles. The van der Waals surface area contributed by atoms with Crippen molar-refractivity contribution in [1.82, 2.24) is 0 Å². The van der Waals surface area contributed by atoms with Crippen LogP contribution in [0.1, 0.15) is 71.9 Å². The fraction of sp³-hybridized carbons (Fsp3) is 0.353. The van der Waals surface area contributed by atoms with Crippen molar-refractivity contribution < 1.29 is 0 Å². The Kier molecular flexibility index (Phi) is 9.57. The van der Waals surface area contributed by atoms with Gasteiger partial charge in [-0.05, 0) is 129 Å². The van der Waals surface area contributed by atoms with Crippen molar-refractivity contribution in [3.8, 4) is 0 Å². The summed E-state index contributed by atoms with van der Waals surface area (Å²) in [4.78, 5) is 6.28. The van der Waals surface area contributed by atoms with Crippen LogP contribution in [0.2, 0.25) is 5.02 Å². The monoisotopic (exact) mass is 544 g/mol. The highest BCUT2D eigenvalue weighted by atomic mass is 35.5. The molecule has 0 saturated heterocycles. The molecule has 0 fully saturated rings. The van der Waals surface area contributed by atoms with E-state index in [9.17, 15) is 0 Å². The van der Waals surface area contributed by atoms with Gasteiger partial charge in [-0.1, -0.05) is 35.9 Å². The maximum atomic E-state index is 6.18. The van der Waals surface area contributed by atoms with Crippen molar-refractivity contribution in [3.63, 3.8) is 0 Å². The van der Waals surface area contributed by atoms with Crippen molar-refractivity contribution in [2.24, 2.45) is 0 Å². The van der Waals surface area contributed by atoms with Crippen molar-refractivity contribution in [3.05, 3.63) is 115 Å². The summed E-state index contributed by atoms with van der Waals surface area (Å²) < 4.78 is 0. The van der Waals surface area contributed by atoms with Gasteiger partial charge in [-0.2, -0.15) is 0 Å². The predicted octanol–water partition coefficient (Wildman–Crippen LogP) is 9.48. The van der Waals surface area contributed by atoms with Crippen LogP contribution in [0.5, 0.6) is 0 Å². The highest BCUT2D eigenvalue weighted by Crippen LogP contribution is 2.42. The smallest absolute Gasteiger partial charge is 0.0442 e. The maximum Gasteiger partial charge on any atom is 0.0442 e. The zero-order valence-corrected chi connectivity index (χ0v) is 25.3. The number of thiophene rings is 1. The molecule has 3 aromatic carbocycles. The van der Waals surface area contributed by atoms with Crippen LogP contribution in [0, 0.1) is 13.8 Å². The zero-order chi connectivity index (χ0) is 27.2. The summed E-state index contributed by atoms with van der Waals surface area (Å²) >= 11 is 8.06. The van der Waals surface area contributed by atoms with E-state index in [1.807, 2.05) is 23.5 Å². The number of nitrogens with zero attached hydrogens (tertiary/aromatic N) is 2. The van der Waals surface area contributed by atoms with Crippen molar-refractivity contribution in [1.29, 1.82) is 0 Å². The number of benzene rings is 3. The lowest BCUT2D eigenvalue weighted by Gasteiger charge is -2.27. The Morgan fingerprint density at radius 3 is 1.63 bits per heavy atom. The third kappa shape index (κ3) is 6.11. The molecule has 0 saturated carbocycles. The Balaban J connectivity index is 1.84. The van der Waals surface area contributed by atoms with Gasteiger partial charge in [0.25, 0.3) is 0 Å². The second-order valence-corrected chi connectivity index (χ2v) is 11.4. The highest BCUT2D eigenvalue weighted by molar-refractivity contribution is 7.10. The molecule has 0 spiro atoms. The van der Waals surface area contributed by atoms with Crippen LogP contribution in [-0.2, 0) is 6.42 Å². The minimum Gasteiger partial charge on any atom is -0.372 e. The Bertz CT molecular complexity index is 1270. The van der Waals surface area contributed by atoms with Gasteiger partial charge in [0.1, 0.15) is 0 Å². The third-order valence-electron chi connectivity index (χ3n) is 7.74. The number of rotatable bonds is 11. The van der Waals surface area contributed by atoms with Gasteiger partial charge >= 0.3 is 0 Å². The van der Waals surface area contributed by atoms with Crippen LogP contribution in [0.25, 0.3) is 0 Å². The summed E-state index contributed by atoms with van der Waals surface area (Å²) in [6.45, 7) is 17.5. The molecule has 0 amide bonds. The minimum atomic E-state index is 0.189. The van der Waals surface area contributed by atoms with Crippen molar-refractivity contribution in [2.45, 2.75) is 53.9 Å². The molecule has 0 N–H and O–H groups in total. The van der Waals surface area contributed by atoms with E-state index in [1.54, 1.807) is 0 Å². The number of anilines is 2. The van der Waals surface area contributed by atoms with E-state index in [1.165, 1.54) is 49.6 Å². The molecule has 1 aromatic heterocycles. The Labute approximate surface area is 238 Å². The van der Waals surface area contributed by atoms with E-state index in [4.69, 9.17) is 11.6 Å². The largest absolute Gasteiger partial charge is 0.372 e. The zero-order valence-electron chi connectivity index (χ0n) is 23.7. The molecule has 4 heteroatoms. The number of aryl methyl sites for hydroxylation is 2. The van der Waals surface area contributed by atoms with Gasteiger partial charge in [-0.15, -0.1) is 11.3 Å². The SMILES string of the molecule is CCN(CC)c1ccc(C(c2ccc(N(CC)CC)cc2C)c2sccc2Cc2ccc(Cl)cc2)c(C)c1. The quantitative estimate of drug-likeness (QED) is 0.185. The van der Waals surface area contributed by atoms with Crippen LogP contribution >= 0.6 is 22.9 Å². The van der Waals surface area contributed by atoms with Crippen LogP contribution in [-0.4, -0.2) is 26.2 Å². The van der Waals surface area contributed by atoms with Gasteiger partial charge in [0.15, 0.2) is 0 Å². The fourth-order valence-corrected chi connectivity index (χ4v) is 6.74. The molecule has 0 radical (unpaired) electrons. The van der Waals surface area contributed by atoms with E-state index < -0.39 is 0 Å². The summed E-state index contributed by atoms with van der Waals surface area (Å²) in [6, 6.07) is 24.7. The molecule has 200 valence electrons. The molecule has 4 aromatic rings. The Hall–Kier alpha value is -2.75. The number of halogens is 1. The minimum absolute atomic E-state index is 0.189.